The van der Waals surface area contributed by atoms with E-state index in [2.05, 4.69) is 69.2 Å². The van der Waals surface area contributed by atoms with Crippen LogP contribution in [0.3, 0.4) is 0 Å². The van der Waals surface area contributed by atoms with Crippen molar-refractivity contribution in [3.8, 4) is 11.5 Å². The average Bonchev–Trinajstić information content (AvgIpc) is 1.57. The molecule has 3 aromatic heterocycles. The topological polar surface area (TPSA) is 440 Å². The third-order valence-electron chi connectivity index (χ3n) is 24.6. The zero-order valence-corrected chi connectivity index (χ0v) is 93.5. The number of amidine groups is 1. The molecule has 3 fully saturated rings. The number of methoxy groups -OCH3 is 2. The number of imide groups is 1. The third kappa shape index (κ3) is 39.8. The molecule has 1 unspecified atom stereocenters. The number of para-hydroxylation sites is 1. The van der Waals surface area contributed by atoms with Gasteiger partial charge in [0.05, 0.1) is 49.2 Å². The van der Waals surface area contributed by atoms with Crippen molar-refractivity contribution < 1.29 is 120 Å². The number of ether oxygens (including phenoxy) is 6. The Bertz CT molecular complexity index is 5430. The number of rotatable bonds is 48. The summed E-state index contributed by atoms with van der Waals surface area (Å²) in [6.45, 7) is 21.1. The fraction of sp³-hybridized carbons (Fsp3) is 0.509. The van der Waals surface area contributed by atoms with Gasteiger partial charge < -0.3 is 85.6 Å². The fourth-order valence-corrected chi connectivity index (χ4v) is 17.6. The molecule has 7 heterocycles. The van der Waals surface area contributed by atoms with E-state index >= 15 is 0 Å². The van der Waals surface area contributed by atoms with Crippen LogP contribution in [0.25, 0.3) is 32.5 Å². The average molecular weight is 2120 g/mol. The van der Waals surface area contributed by atoms with Gasteiger partial charge in [0.1, 0.15) is 70.4 Å². The van der Waals surface area contributed by atoms with Crippen LogP contribution in [0.5, 0.6) is 11.5 Å². The first kappa shape index (κ1) is 122. The van der Waals surface area contributed by atoms with Gasteiger partial charge in [-0.2, -0.15) is 6.21 Å². The van der Waals surface area contributed by atoms with Crippen molar-refractivity contribution in [1.29, 1.82) is 0 Å². The van der Waals surface area contributed by atoms with Gasteiger partial charge in [0.25, 0.3) is 0 Å². The van der Waals surface area contributed by atoms with Gasteiger partial charge in [-0.15, -0.1) is 43.0 Å². The second-order valence-electron chi connectivity index (χ2n) is 36.0. The molecule has 4 aliphatic heterocycles. The molecule has 144 heavy (non-hydrogen) atoms. The number of aromatic nitrogens is 5. The number of anilines is 2. The number of hydrogen-bond acceptors (Lipinski definition) is 22. The SMILES string of the molecule is CCCCCC(=O)NC(=[N-])/C=C\C=C(/C)C[N-]Cc1cc(C[N-]C/C(C)=C/C=C\C=[N-])cc(OCCCCN(CC(=O)NCn2nnc3ccccc32)C(=O)CCCCCN2C(=O)CC(SCCC(=O)N(C)[C@H](C)C(=O)O[C@@H]3CC(=O)N(C)c4cc(cc(OC)c4Cl)C/C(C)=C/C=C/[C@H](OC)[C@]4(O)C[C@@H](OC(=O)N4)[C@H](C)[C@H]4O[C@@]43C)C2=O)c1.CCCCCC(=O)Nc1cccc(CC)n1.CCc1ccccn1.[Zn+2].[Zn+2]. The van der Waals surface area contributed by atoms with E-state index in [1.807, 2.05) is 124 Å². The predicted octanol–water partition coefficient (Wildman–Crippen LogP) is 16.4. The molecule has 3 aromatic carbocycles. The van der Waals surface area contributed by atoms with Crippen molar-refractivity contribution in [3.05, 3.63) is 223 Å². The molecular weight excluding hydrogens is 1980 g/mol. The molecule has 5 N–H and O–H groups in total. The van der Waals surface area contributed by atoms with Gasteiger partial charge >= 0.3 is 51.0 Å². The first-order chi connectivity index (χ1) is 68.2. The largest absolute Gasteiger partial charge is 2.00 e. The number of esters is 1. The van der Waals surface area contributed by atoms with Crippen LogP contribution in [0.15, 0.2) is 169 Å². The van der Waals surface area contributed by atoms with Crippen LogP contribution in [0.4, 0.5) is 16.3 Å². The number of halogens is 1. The van der Waals surface area contributed by atoms with E-state index < -0.39 is 95.1 Å². The molecule has 9 atom stereocenters. The van der Waals surface area contributed by atoms with E-state index in [1.165, 1.54) is 67.0 Å². The number of aliphatic hydroxyl groups is 1. The maximum absolute atomic E-state index is 14.6. The fourth-order valence-electron chi connectivity index (χ4n) is 16.2. The summed E-state index contributed by atoms with van der Waals surface area (Å²) in [5.41, 5.74) is 5.97. The van der Waals surface area contributed by atoms with Crippen LogP contribution in [0.1, 0.15) is 213 Å². The molecule has 770 valence electrons. The summed E-state index contributed by atoms with van der Waals surface area (Å²) in [7, 11) is 5.84. The Kier molecular flexibility index (Phi) is 53.7. The summed E-state index contributed by atoms with van der Waals surface area (Å²) in [5.74, 6) is -2.56. The van der Waals surface area contributed by atoms with Crippen LogP contribution in [0, 0.1) is 5.92 Å². The Morgan fingerprint density at radius 3 is 2.14 bits per heavy atom. The molecule has 0 aliphatic carbocycles. The van der Waals surface area contributed by atoms with Crippen LogP contribution >= 0.6 is 23.4 Å². The van der Waals surface area contributed by atoms with Crippen molar-refractivity contribution in [2.75, 3.05) is 83.6 Å². The number of nitrogens with one attached hydrogen (secondary N) is 4. The minimum atomic E-state index is -1.91. The second-order valence-corrected chi connectivity index (χ2v) is 37.7. The second kappa shape index (κ2) is 63.5. The van der Waals surface area contributed by atoms with Crippen LogP contribution in [0.2, 0.25) is 5.02 Å². The van der Waals surface area contributed by atoms with Gasteiger partial charge in [-0.05, 0) is 159 Å². The number of hydrogen-bond donors (Lipinski definition) is 5. The molecule has 0 spiro atoms. The first-order valence-corrected chi connectivity index (χ1v) is 50.4. The van der Waals surface area contributed by atoms with Gasteiger partial charge in [-0.25, -0.2) is 19.3 Å². The Labute approximate surface area is 882 Å². The number of fused-ring (bicyclic) bond motifs is 6. The van der Waals surface area contributed by atoms with Crippen molar-refractivity contribution in [3.63, 3.8) is 0 Å². The number of benzene rings is 3. The number of allylic oxidation sites excluding steroid dienone is 8. The minimum Gasteiger partial charge on any atom is -0.811 e. The zero-order valence-electron chi connectivity index (χ0n) is 86.0. The summed E-state index contributed by atoms with van der Waals surface area (Å²) in [6, 6.07) is 27.2. The molecule has 0 radical (unpaired) electrons. The number of aryl methyl sites for hydroxylation is 2. The molecule has 4 aliphatic rings. The van der Waals surface area contributed by atoms with Crippen molar-refractivity contribution >= 4 is 117 Å². The maximum Gasteiger partial charge on any atom is 2.00 e. The number of nitrogens with zero attached hydrogens (tertiary/aromatic N) is 13. The standard InChI is InChI=1S/C86H113ClN14O16S.C13H20N2O.C7H9N.2Zn/c1-12-13-15-33-74(102)93-73(89)32-25-28-58(4)51-91-53-63-42-62(52-90-50-57(3)26-19-20-36-88)43-64(44-63)114-39-23-22-37-99(54-75(103)92-55-101-66-30-18-17-29-65(66)95-96-101)77(105)34-16-14-21-38-100-79(107)47-70(82(100)108)118-40-35-76(104)97(8)60(6)83(109)116-72-48-78(106)98(9)67-45-61(46-68(112-10)80(67)87)41-56(2)27-24-31-71(113-11)86(111)49-69(115-84(110)94-86)59(5)81-85(72,7)117-81;1-3-5-6-10-13(16)15-12-9-7-8-11(4-2)14-12;1-2-7-5-3-4-6-8-7;;/h17-20,24-32,36,42-46,59-60,69-72,81,111H,12-16,21-23,33-35,37-41,47-55H2,1-11H3,(H3-,89,92,93,94,102,103,110);7-9H,3-6,10H2,1-2H3,(H,14,15,16);3-6H,2H2,1H3;;/q-4;;;2*+2/b20-19-,31-24+,32-25-,56-27+,57-26+,58-28+;;;;/t59-,60+,69+,70?,71-,72+,81+,85+,86+;;;;/m0..../s1. The van der Waals surface area contributed by atoms with Gasteiger partial charge in [0.2, 0.25) is 41.4 Å². The number of amides is 9. The normalized spacial score (nSPS) is 19.8. The summed E-state index contributed by atoms with van der Waals surface area (Å²) in [6.07, 6.45) is 23.9. The monoisotopic (exact) mass is 2120 g/mol. The molecule has 0 saturated carbocycles. The third-order valence-corrected chi connectivity index (χ3v) is 26.2. The van der Waals surface area contributed by atoms with Crippen molar-refractivity contribution in [1.82, 2.24) is 55.6 Å². The van der Waals surface area contributed by atoms with Crippen molar-refractivity contribution in [2.45, 2.75) is 271 Å². The van der Waals surface area contributed by atoms with E-state index in [-0.39, 0.29) is 131 Å². The van der Waals surface area contributed by atoms with Gasteiger partial charge in [0, 0.05) is 102 Å². The number of unbranched alkanes of at least 4 members (excludes halogenated alkanes) is 7. The van der Waals surface area contributed by atoms with E-state index in [9.17, 15) is 58.5 Å². The number of epoxide rings is 1. The van der Waals surface area contributed by atoms with Gasteiger partial charge in [-0.1, -0.05) is 202 Å². The summed E-state index contributed by atoms with van der Waals surface area (Å²) < 4.78 is 37.6. The van der Waals surface area contributed by atoms with E-state index in [4.69, 9.17) is 56.1 Å². The Balaban J connectivity index is 0.00000106. The number of likely N-dealkylation sites (N-methyl/N-ethyl adjacent to an activating group) is 1. The van der Waals surface area contributed by atoms with Gasteiger partial charge in [-0.3, -0.25) is 53.6 Å². The smallest absolute Gasteiger partial charge is 0.811 e. The van der Waals surface area contributed by atoms with E-state index in [0.717, 1.165) is 120 Å². The minimum absolute atomic E-state index is 0. The quantitative estimate of drug-likeness (QED) is 0.00346. The summed E-state index contributed by atoms with van der Waals surface area (Å²) >= 11 is 8.04. The number of thioether (sulfide) groups is 1. The Hall–Kier alpha value is -10.9. The zero-order chi connectivity index (χ0) is 103. The maximum atomic E-state index is 14.6. The summed E-state index contributed by atoms with van der Waals surface area (Å²) in [5, 5.41) is 59.2. The molecule has 9 amide bonds. The molecule has 10 rings (SSSR count). The van der Waals surface area contributed by atoms with E-state index in [0.29, 0.717) is 113 Å². The predicted molar refractivity (Wildman–Crippen MR) is 555 cm³/mol. The number of likely N-dealkylation sites (tertiary alicyclic amines) is 1. The first-order valence-electron chi connectivity index (χ1n) is 49.0. The number of carbonyl (C=O) groups excluding carboxylic acids is 10. The molecule has 3 saturated heterocycles. The number of carbonyl (C=O) groups is 10. The molecule has 6 aromatic rings. The summed E-state index contributed by atoms with van der Waals surface area (Å²) in [4.78, 5) is 148. The molecule has 34 nitrogen and oxygen atoms in total. The Morgan fingerprint density at radius 1 is 0.792 bits per heavy atom. The van der Waals surface area contributed by atoms with E-state index in [1.54, 1.807) is 55.0 Å². The van der Waals surface area contributed by atoms with Crippen LogP contribution < -0.4 is 35.6 Å². The Morgan fingerprint density at radius 2 is 1.47 bits per heavy atom. The van der Waals surface area contributed by atoms with Gasteiger partial charge in [0.15, 0.2) is 5.72 Å². The number of alkyl carbamates (subject to hydrolysis) is 1. The molecular formula is C106H142ClN17O17SZn2. The molecule has 38 heteroatoms. The van der Waals surface area contributed by atoms with Crippen LogP contribution in [-0.2, 0) is 140 Å². The van der Waals surface area contributed by atoms with Crippen molar-refractivity contribution in [2.24, 2.45) is 5.92 Å². The number of pyridine rings is 2. The van der Waals surface area contributed by atoms with Crippen LogP contribution in [-0.4, -0.2) is 237 Å². The molecule has 4 bridgehead atoms.